The van der Waals surface area contributed by atoms with Gasteiger partial charge in [0, 0.05) is 10.3 Å². The molecule has 1 aromatic rings. The maximum absolute atomic E-state index is 12.2. The molecule has 1 aliphatic rings. The second-order valence-electron chi connectivity index (χ2n) is 6.99. The smallest absolute Gasteiger partial charge is 0.331 e. The summed E-state index contributed by atoms with van der Waals surface area (Å²) < 4.78 is 5.46. The zero-order valence-electron chi connectivity index (χ0n) is 13.3. The number of esters is 1. The fourth-order valence-corrected chi connectivity index (χ4v) is 3.26. The Kier molecular flexibility index (Phi) is 4.47. The first-order chi connectivity index (χ1) is 9.67. The third-order valence-electron chi connectivity index (χ3n) is 3.19. The highest BCUT2D eigenvalue weighted by Gasteiger charge is 2.40. The van der Waals surface area contributed by atoms with Gasteiger partial charge in [0.1, 0.15) is 11.6 Å². The fourth-order valence-electron chi connectivity index (χ4n) is 2.20. The largest absolute Gasteiger partial charge is 0.458 e. The Balaban J connectivity index is 2.13. The zero-order valence-corrected chi connectivity index (χ0v) is 14.2. The van der Waals surface area contributed by atoms with Crippen molar-refractivity contribution in [3.63, 3.8) is 0 Å². The second kappa shape index (κ2) is 5.84. The molecule has 114 valence electrons. The molecule has 0 amide bonds. The van der Waals surface area contributed by atoms with Crippen molar-refractivity contribution in [3.05, 3.63) is 30.3 Å². The van der Waals surface area contributed by atoms with Gasteiger partial charge in [-0.25, -0.2) is 4.79 Å². The van der Waals surface area contributed by atoms with E-state index >= 15 is 0 Å². The van der Waals surface area contributed by atoms with E-state index in [0.717, 1.165) is 9.94 Å². The molecule has 0 saturated carbocycles. The highest BCUT2D eigenvalue weighted by atomic mass is 32.2. The van der Waals surface area contributed by atoms with Crippen LogP contribution in [0.4, 0.5) is 0 Å². The van der Waals surface area contributed by atoms with E-state index in [0.29, 0.717) is 6.42 Å². The van der Waals surface area contributed by atoms with E-state index in [1.165, 1.54) is 0 Å². The molecule has 0 spiro atoms. The van der Waals surface area contributed by atoms with Crippen molar-refractivity contribution in [2.45, 2.75) is 57.6 Å². The first kappa shape index (κ1) is 16.1. The molecule has 2 rings (SSSR count). The van der Waals surface area contributed by atoms with Gasteiger partial charge in [-0.2, -0.15) is 0 Å². The minimum Gasteiger partial charge on any atom is -0.458 e. The number of benzene rings is 1. The van der Waals surface area contributed by atoms with Crippen molar-refractivity contribution in [1.29, 1.82) is 0 Å². The molecule has 0 aromatic heterocycles. The molecule has 0 unspecified atom stereocenters. The molecular formula is C17H23NO2S. The summed E-state index contributed by atoms with van der Waals surface area (Å²) in [6.07, 6.45) is 0.705. The monoisotopic (exact) mass is 305 g/mol. The van der Waals surface area contributed by atoms with Crippen LogP contribution in [0.3, 0.4) is 0 Å². The van der Waals surface area contributed by atoms with Crippen molar-refractivity contribution in [3.8, 4) is 0 Å². The molecule has 1 heterocycles. The van der Waals surface area contributed by atoms with Gasteiger partial charge in [-0.05, 0) is 39.3 Å². The van der Waals surface area contributed by atoms with Crippen molar-refractivity contribution < 1.29 is 9.53 Å². The van der Waals surface area contributed by atoms with Crippen LogP contribution in [0.15, 0.2) is 40.2 Å². The molecule has 0 aliphatic carbocycles. The number of aliphatic imine (C=N–C) groups is 1. The van der Waals surface area contributed by atoms with Gasteiger partial charge < -0.3 is 4.74 Å². The lowest BCUT2D eigenvalue weighted by Gasteiger charge is -2.22. The summed E-state index contributed by atoms with van der Waals surface area (Å²) in [5.41, 5.74) is -0.561. The van der Waals surface area contributed by atoms with Crippen LogP contribution in [0.5, 0.6) is 0 Å². The van der Waals surface area contributed by atoms with Crippen molar-refractivity contribution >= 4 is 22.8 Å². The van der Waals surface area contributed by atoms with Gasteiger partial charge in [0.15, 0.2) is 0 Å². The van der Waals surface area contributed by atoms with E-state index < -0.39 is 5.60 Å². The Morgan fingerprint density at radius 2 is 1.90 bits per heavy atom. The summed E-state index contributed by atoms with van der Waals surface area (Å²) >= 11 is 1.64. The topological polar surface area (TPSA) is 38.7 Å². The number of carbonyl (C=O) groups excluding carboxylic acids is 1. The first-order valence-electron chi connectivity index (χ1n) is 7.21. The molecule has 4 heteroatoms. The van der Waals surface area contributed by atoms with E-state index in [4.69, 9.17) is 4.74 Å². The molecule has 0 N–H and O–H groups in total. The lowest BCUT2D eigenvalue weighted by atomic mass is 9.90. The van der Waals surface area contributed by atoms with Crippen LogP contribution in [0.25, 0.3) is 0 Å². The van der Waals surface area contributed by atoms with Crippen LogP contribution in [0.2, 0.25) is 0 Å². The maximum atomic E-state index is 12.2. The third kappa shape index (κ3) is 4.34. The Morgan fingerprint density at radius 3 is 2.48 bits per heavy atom. The number of ether oxygens (including phenoxy) is 1. The van der Waals surface area contributed by atoms with E-state index in [1.54, 1.807) is 11.8 Å². The van der Waals surface area contributed by atoms with Gasteiger partial charge in [-0.3, -0.25) is 4.99 Å². The normalized spacial score (nSPS) is 21.0. The Morgan fingerprint density at radius 1 is 1.29 bits per heavy atom. The van der Waals surface area contributed by atoms with Crippen LogP contribution in [-0.4, -0.2) is 22.7 Å². The summed E-state index contributed by atoms with van der Waals surface area (Å²) in [7, 11) is 0. The number of hydrogen-bond donors (Lipinski definition) is 0. The zero-order chi connectivity index (χ0) is 15.7. The number of thioether (sulfide) groups is 1. The lowest BCUT2D eigenvalue weighted by Crippen LogP contribution is -2.31. The molecule has 0 radical (unpaired) electrons. The molecule has 1 aliphatic heterocycles. The summed E-state index contributed by atoms with van der Waals surface area (Å²) in [5.74, 6) is -0.223. The van der Waals surface area contributed by atoms with Gasteiger partial charge in [0.25, 0.3) is 0 Å². The molecule has 0 bridgehead atoms. The lowest BCUT2D eigenvalue weighted by molar-refractivity contribution is -0.156. The average molecular weight is 305 g/mol. The first-order valence-corrected chi connectivity index (χ1v) is 8.03. The number of rotatable bonds is 2. The molecule has 0 fully saturated rings. The van der Waals surface area contributed by atoms with Gasteiger partial charge >= 0.3 is 5.97 Å². The molecule has 3 nitrogen and oxygen atoms in total. The molecule has 0 saturated heterocycles. The Labute approximate surface area is 131 Å². The van der Waals surface area contributed by atoms with Crippen LogP contribution in [0, 0.1) is 5.41 Å². The predicted molar refractivity (Wildman–Crippen MR) is 87.8 cm³/mol. The minimum absolute atomic E-state index is 0.0952. The van der Waals surface area contributed by atoms with Gasteiger partial charge in [-0.15, -0.1) is 0 Å². The molecule has 1 atom stereocenters. The Bertz CT molecular complexity index is 544. The van der Waals surface area contributed by atoms with Crippen LogP contribution in [-0.2, 0) is 9.53 Å². The molecule has 21 heavy (non-hydrogen) atoms. The summed E-state index contributed by atoms with van der Waals surface area (Å²) in [5, 5.41) is 1.00. The van der Waals surface area contributed by atoms with Gasteiger partial charge in [0.2, 0.25) is 0 Å². The highest BCUT2D eigenvalue weighted by molar-refractivity contribution is 8.14. The van der Waals surface area contributed by atoms with Crippen molar-refractivity contribution in [2.24, 2.45) is 10.4 Å². The van der Waals surface area contributed by atoms with Crippen molar-refractivity contribution in [1.82, 2.24) is 0 Å². The minimum atomic E-state index is -0.466. The van der Waals surface area contributed by atoms with E-state index in [2.05, 4.69) is 31.0 Å². The fraction of sp³-hybridized carbons (Fsp3) is 0.529. The van der Waals surface area contributed by atoms with E-state index in [-0.39, 0.29) is 17.4 Å². The molecule has 1 aromatic carbocycles. The standard InChI is InChI=1S/C17H23NO2S/c1-16(2,3)20-14(19)13-11-17(4,5)15(18-13)21-12-9-7-6-8-10-12/h6-10,13H,11H2,1-5H3/t13-/m0/s1. The number of nitrogens with zero attached hydrogens (tertiary/aromatic N) is 1. The number of carbonyl (C=O) groups is 1. The van der Waals surface area contributed by atoms with Gasteiger partial charge in [0.05, 0.1) is 5.04 Å². The van der Waals surface area contributed by atoms with E-state index in [1.807, 2.05) is 39.0 Å². The highest BCUT2D eigenvalue weighted by Crippen LogP contribution is 2.40. The van der Waals surface area contributed by atoms with Gasteiger partial charge in [-0.1, -0.05) is 43.8 Å². The summed E-state index contributed by atoms with van der Waals surface area (Å²) in [4.78, 5) is 18.0. The van der Waals surface area contributed by atoms with Crippen molar-refractivity contribution in [2.75, 3.05) is 0 Å². The third-order valence-corrected chi connectivity index (χ3v) is 4.55. The average Bonchev–Trinajstić information content (AvgIpc) is 2.64. The van der Waals surface area contributed by atoms with Crippen LogP contribution < -0.4 is 0 Å². The Hall–Kier alpha value is -1.29. The quantitative estimate of drug-likeness (QED) is 0.764. The predicted octanol–water partition coefficient (Wildman–Crippen LogP) is 4.32. The van der Waals surface area contributed by atoms with E-state index in [9.17, 15) is 4.79 Å². The summed E-state index contributed by atoms with van der Waals surface area (Å²) in [6, 6.07) is 9.75. The van der Waals surface area contributed by atoms with Crippen LogP contribution >= 0.6 is 11.8 Å². The summed E-state index contributed by atoms with van der Waals surface area (Å²) in [6.45, 7) is 9.91. The SMILES string of the molecule is CC(C)(C)OC(=O)[C@@H]1CC(C)(C)C(Sc2ccccc2)=N1. The molecular weight excluding hydrogens is 282 g/mol. The maximum Gasteiger partial charge on any atom is 0.331 e. The number of hydrogen-bond acceptors (Lipinski definition) is 4. The van der Waals surface area contributed by atoms with Crippen LogP contribution in [0.1, 0.15) is 41.0 Å². The second-order valence-corrected chi connectivity index (χ2v) is 8.05.